The SMILES string of the molecule is CC1CN(c2ccc(-c3cnc4c(-c5ccc(C#N)cc5)cccc4c3C3=CCCC3)cn2)CC(C)O1. The van der Waals surface area contributed by atoms with Gasteiger partial charge >= 0.3 is 0 Å². The van der Waals surface area contributed by atoms with E-state index < -0.39 is 0 Å². The minimum Gasteiger partial charge on any atom is -0.372 e. The monoisotopic (exact) mass is 486 g/mol. The van der Waals surface area contributed by atoms with Crippen LogP contribution in [0.4, 0.5) is 5.82 Å². The van der Waals surface area contributed by atoms with Crippen molar-refractivity contribution in [1.82, 2.24) is 9.97 Å². The molecule has 3 heterocycles. The van der Waals surface area contributed by atoms with Crippen molar-refractivity contribution >= 4 is 22.3 Å². The average Bonchev–Trinajstić information content (AvgIpc) is 3.46. The number of hydrogen-bond acceptors (Lipinski definition) is 5. The van der Waals surface area contributed by atoms with Gasteiger partial charge in [0.1, 0.15) is 5.82 Å². The maximum atomic E-state index is 9.20. The summed E-state index contributed by atoms with van der Waals surface area (Å²) in [6.07, 6.45) is 10.1. The third-order valence-corrected chi connectivity index (χ3v) is 7.39. The summed E-state index contributed by atoms with van der Waals surface area (Å²) in [6.45, 7) is 5.94. The Morgan fingerprint density at radius 3 is 2.35 bits per heavy atom. The van der Waals surface area contributed by atoms with Crippen LogP contribution in [0, 0.1) is 11.3 Å². The molecule has 37 heavy (non-hydrogen) atoms. The van der Waals surface area contributed by atoms with Crippen molar-refractivity contribution in [1.29, 1.82) is 5.26 Å². The third-order valence-electron chi connectivity index (χ3n) is 7.39. The molecule has 2 unspecified atom stereocenters. The summed E-state index contributed by atoms with van der Waals surface area (Å²) in [6, 6.07) is 20.7. The second-order valence-corrected chi connectivity index (χ2v) is 10.1. The van der Waals surface area contributed by atoms with Gasteiger partial charge in [-0.05, 0) is 74.1 Å². The summed E-state index contributed by atoms with van der Waals surface area (Å²) in [5.41, 5.74) is 8.65. The number of rotatable bonds is 4. The predicted molar refractivity (Wildman–Crippen MR) is 149 cm³/mol. The van der Waals surface area contributed by atoms with Gasteiger partial charge in [0.2, 0.25) is 0 Å². The number of hydrogen-bond donors (Lipinski definition) is 0. The molecule has 2 aliphatic rings. The lowest BCUT2D eigenvalue weighted by Crippen LogP contribution is -2.45. The molecule has 0 radical (unpaired) electrons. The Morgan fingerprint density at radius 2 is 1.68 bits per heavy atom. The molecule has 1 aliphatic carbocycles. The van der Waals surface area contributed by atoms with E-state index in [1.54, 1.807) is 0 Å². The number of allylic oxidation sites excluding steroid dienone is 2. The van der Waals surface area contributed by atoms with Crippen molar-refractivity contribution in [2.24, 2.45) is 0 Å². The normalized spacial score (nSPS) is 19.6. The molecule has 0 spiro atoms. The van der Waals surface area contributed by atoms with Gasteiger partial charge in [-0.25, -0.2) is 4.98 Å². The van der Waals surface area contributed by atoms with Crippen molar-refractivity contribution in [2.75, 3.05) is 18.0 Å². The second-order valence-electron chi connectivity index (χ2n) is 10.1. The van der Waals surface area contributed by atoms with E-state index in [1.807, 2.05) is 36.7 Å². The van der Waals surface area contributed by atoms with Crippen LogP contribution in [0.25, 0.3) is 38.7 Å². The van der Waals surface area contributed by atoms with E-state index in [1.165, 1.54) is 17.6 Å². The zero-order valence-electron chi connectivity index (χ0n) is 21.3. The molecule has 0 bridgehead atoms. The summed E-state index contributed by atoms with van der Waals surface area (Å²) in [7, 11) is 0. The minimum atomic E-state index is 0.195. The quantitative estimate of drug-likeness (QED) is 0.310. The maximum absolute atomic E-state index is 9.20. The van der Waals surface area contributed by atoms with Gasteiger partial charge < -0.3 is 9.64 Å². The second kappa shape index (κ2) is 9.80. The standard InChI is InChI=1S/C32H30N4O/c1-21-19-36(20-22(2)37-21)30-15-14-26(17-34-30)29-18-35-32-27(24-12-10-23(16-33)11-13-24)8-5-9-28(32)31(29)25-6-3-4-7-25/h5-6,8-15,17-18,21-22H,3-4,7,19-20H2,1-2H3. The molecule has 2 atom stereocenters. The minimum absolute atomic E-state index is 0.195. The highest BCUT2D eigenvalue weighted by atomic mass is 16.5. The Kier molecular flexibility index (Phi) is 6.20. The van der Waals surface area contributed by atoms with Crippen LogP contribution in [0.3, 0.4) is 0 Å². The van der Waals surface area contributed by atoms with Crippen LogP contribution in [0.15, 0.2) is 73.1 Å². The van der Waals surface area contributed by atoms with Crippen LogP contribution >= 0.6 is 0 Å². The number of aromatic nitrogens is 2. The molecule has 5 nitrogen and oxygen atoms in total. The molecular weight excluding hydrogens is 456 g/mol. The van der Waals surface area contributed by atoms with Crippen molar-refractivity contribution in [3.05, 3.63) is 84.2 Å². The summed E-state index contributed by atoms with van der Waals surface area (Å²) < 4.78 is 5.90. The largest absolute Gasteiger partial charge is 0.372 e. The van der Waals surface area contributed by atoms with E-state index in [0.29, 0.717) is 5.56 Å². The van der Waals surface area contributed by atoms with E-state index >= 15 is 0 Å². The molecular formula is C32H30N4O. The predicted octanol–water partition coefficient (Wildman–Crippen LogP) is 7.02. The molecule has 2 aromatic carbocycles. The molecule has 5 heteroatoms. The Labute approximate surface area is 218 Å². The molecule has 1 saturated heterocycles. The van der Waals surface area contributed by atoms with E-state index in [2.05, 4.69) is 61.2 Å². The smallest absolute Gasteiger partial charge is 0.128 e. The topological polar surface area (TPSA) is 62.0 Å². The number of fused-ring (bicyclic) bond motifs is 1. The highest BCUT2D eigenvalue weighted by Gasteiger charge is 2.24. The summed E-state index contributed by atoms with van der Waals surface area (Å²) in [4.78, 5) is 12.2. The Morgan fingerprint density at radius 1 is 0.892 bits per heavy atom. The van der Waals surface area contributed by atoms with E-state index in [4.69, 9.17) is 14.7 Å². The average molecular weight is 487 g/mol. The first-order valence-corrected chi connectivity index (χ1v) is 13.1. The van der Waals surface area contributed by atoms with Crippen molar-refractivity contribution in [3.8, 4) is 28.3 Å². The van der Waals surface area contributed by atoms with Crippen LogP contribution in [0.5, 0.6) is 0 Å². The Bertz CT molecular complexity index is 1510. The lowest BCUT2D eigenvalue weighted by Gasteiger charge is -2.36. The number of pyridine rings is 2. The van der Waals surface area contributed by atoms with Crippen LogP contribution in [0.2, 0.25) is 0 Å². The fourth-order valence-electron chi connectivity index (χ4n) is 5.74. The zero-order chi connectivity index (χ0) is 25.4. The number of para-hydroxylation sites is 1. The number of nitriles is 1. The van der Waals surface area contributed by atoms with E-state index in [-0.39, 0.29) is 12.2 Å². The van der Waals surface area contributed by atoms with Gasteiger partial charge in [-0.2, -0.15) is 5.26 Å². The molecule has 1 aliphatic heterocycles. The number of anilines is 1. The van der Waals surface area contributed by atoms with Crippen LogP contribution in [0.1, 0.15) is 44.2 Å². The summed E-state index contributed by atoms with van der Waals surface area (Å²) in [5.74, 6) is 0.990. The molecule has 0 amide bonds. The molecule has 4 aromatic rings. The van der Waals surface area contributed by atoms with Gasteiger partial charge in [-0.15, -0.1) is 0 Å². The lowest BCUT2D eigenvalue weighted by atomic mass is 9.90. The van der Waals surface area contributed by atoms with E-state index in [0.717, 1.165) is 64.9 Å². The van der Waals surface area contributed by atoms with Crippen LogP contribution < -0.4 is 4.90 Å². The van der Waals surface area contributed by atoms with E-state index in [9.17, 15) is 5.26 Å². The molecule has 0 N–H and O–H groups in total. The molecule has 6 rings (SSSR count). The zero-order valence-corrected chi connectivity index (χ0v) is 21.3. The first-order chi connectivity index (χ1) is 18.1. The summed E-state index contributed by atoms with van der Waals surface area (Å²) >= 11 is 0. The van der Waals surface area contributed by atoms with Gasteiger partial charge in [0.25, 0.3) is 0 Å². The summed E-state index contributed by atoms with van der Waals surface area (Å²) in [5, 5.41) is 10.4. The molecule has 2 aromatic heterocycles. The van der Waals surface area contributed by atoms with Gasteiger partial charge in [0, 0.05) is 47.6 Å². The molecule has 1 fully saturated rings. The first kappa shape index (κ1) is 23.4. The fraction of sp³-hybridized carbons (Fsp3) is 0.281. The van der Waals surface area contributed by atoms with Crippen molar-refractivity contribution in [2.45, 2.75) is 45.3 Å². The van der Waals surface area contributed by atoms with Crippen molar-refractivity contribution < 1.29 is 4.74 Å². The van der Waals surface area contributed by atoms with Gasteiger partial charge in [0.15, 0.2) is 0 Å². The van der Waals surface area contributed by atoms with Crippen molar-refractivity contribution in [3.63, 3.8) is 0 Å². The highest BCUT2D eigenvalue weighted by Crippen LogP contribution is 2.41. The number of benzene rings is 2. The van der Waals surface area contributed by atoms with Gasteiger partial charge in [-0.3, -0.25) is 4.98 Å². The Balaban J connectivity index is 1.44. The Hall–Kier alpha value is -4.01. The molecule has 0 saturated carbocycles. The highest BCUT2D eigenvalue weighted by molar-refractivity contribution is 6.04. The number of morpholine rings is 1. The number of ether oxygens (including phenoxy) is 1. The number of nitrogens with zero attached hydrogens (tertiary/aromatic N) is 4. The first-order valence-electron chi connectivity index (χ1n) is 13.1. The van der Waals surface area contributed by atoms with Crippen LogP contribution in [-0.2, 0) is 4.74 Å². The maximum Gasteiger partial charge on any atom is 0.128 e. The van der Waals surface area contributed by atoms with Crippen LogP contribution in [-0.4, -0.2) is 35.3 Å². The fourth-order valence-corrected chi connectivity index (χ4v) is 5.74. The molecule has 184 valence electrons. The lowest BCUT2D eigenvalue weighted by molar-refractivity contribution is -0.00545. The third kappa shape index (κ3) is 4.50. The van der Waals surface area contributed by atoms with Gasteiger partial charge in [-0.1, -0.05) is 36.4 Å². The van der Waals surface area contributed by atoms with Gasteiger partial charge in [0.05, 0.1) is 29.4 Å².